The third kappa shape index (κ3) is 5.17. The summed E-state index contributed by atoms with van der Waals surface area (Å²) in [4.78, 5) is 36.3. The molecule has 8 nitrogen and oxygen atoms in total. The van der Waals surface area contributed by atoms with Gasteiger partial charge in [-0.25, -0.2) is 9.98 Å². The minimum absolute atomic E-state index is 0.0344. The van der Waals surface area contributed by atoms with E-state index in [0.717, 1.165) is 11.1 Å². The number of carbonyl (C=O) groups excluding carboxylic acids is 2. The van der Waals surface area contributed by atoms with Crippen LogP contribution < -0.4 is 19.7 Å². The average Bonchev–Trinajstić information content (AvgIpc) is 2.99. The molecule has 0 bridgehead atoms. The van der Waals surface area contributed by atoms with E-state index >= 15 is 0 Å². The standard InChI is InChI=1S/C25H24N4O4/c1-32-19-8-3-6-17(12-19)15-27-23(30)16-29-24(31)14-22(18-7-4-9-20(13-18)33-2)28-21-10-5-11-26-25(21)29/h3-13H,14-16H2,1-2H3,(H,27,30). The van der Waals surface area contributed by atoms with Gasteiger partial charge in [-0.2, -0.15) is 0 Å². The molecule has 33 heavy (non-hydrogen) atoms. The lowest BCUT2D eigenvalue weighted by atomic mass is 10.1. The number of aromatic nitrogens is 1. The second-order valence-corrected chi connectivity index (χ2v) is 7.42. The van der Waals surface area contributed by atoms with Crippen molar-refractivity contribution in [1.82, 2.24) is 10.3 Å². The number of ether oxygens (including phenoxy) is 2. The SMILES string of the molecule is COc1cccc(CNC(=O)CN2C(=O)CC(c3cccc(OC)c3)=Nc3cccnc32)c1. The first kappa shape index (κ1) is 22.0. The van der Waals surface area contributed by atoms with Crippen molar-refractivity contribution in [1.29, 1.82) is 0 Å². The maximum absolute atomic E-state index is 13.2. The molecule has 2 heterocycles. The van der Waals surface area contributed by atoms with E-state index < -0.39 is 0 Å². The van der Waals surface area contributed by atoms with Gasteiger partial charge in [0.05, 0.1) is 26.4 Å². The second kappa shape index (κ2) is 9.95. The van der Waals surface area contributed by atoms with Crippen LogP contribution in [-0.2, 0) is 16.1 Å². The quantitative estimate of drug-likeness (QED) is 0.604. The Morgan fingerprint density at radius 1 is 1.03 bits per heavy atom. The van der Waals surface area contributed by atoms with Crippen LogP contribution >= 0.6 is 0 Å². The Balaban J connectivity index is 1.53. The maximum atomic E-state index is 13.2. The fourth-order valence-corrected chi connectivity index (χ4v) is 3.54. The van der Waals surface area contributed by atoms with Crippen LogP contribution in [0.2, 0.25) is 0 Å². The molecular formula is C25H24N4O4. The topological polar surface area (TPSA) is 93.1 Å². The number of pyridine rings is 1. The van der Waals surface area contributed by atoms with Crippen molar-refractivity contribution in [2.24, 2.45) is 4.99 Å². The third-order valence-corrected chi connectivity index (χ3v) is 5.23. The molecule has 0 spiro atoms. The largest absolute Gasteiger partial charge is 0.497 e. The molecule has 0 aliphatic carbocycles. The fraction of sp³-hybridized carbons (Fsp3) is 0.200. The molecule has 0 saturated carbocycles. The smallest absolute Gasteiger partial charge is 0.240 e. The van der Waals surface area contributed by atoms with E-state index in [1.807, 2.05) is 48.5 Å². The molecule has 0 fully saturated rings. The first-order valence-electron chi connectivity index (χ1n) is 10.4. The van der Waals surface area contributed by atoms with E-state index in [4.69, 9.17) is 14.5 Å². The van der Waals surface area contributed by atoms with Crippen molar-refractivity contribution in [3.63, 3.8) is 0 Å². The Bertz CT molecular complexity index is 1210. The highest BCUT2D eigenvalue weighted by Gasteiger charge is 2.27. The van der Waals surface area contributed by atoms with Gasteiger partial charge in [-0.3, -0.25) is 14.5 Å². The molecule has 0 radical (unpaired) electrons. The Kier molecular flexibility index (Phi) is 6.64. The van der Waals surface area contributed by atoms with E-state index in [0.29, 0.717) is 35.3 Å². The Hall–Kier alpha value is -4.20. The number of anilines is 1. The Morgan fingerprint density at radius 2 is 1.79 bits per heavy atom. The highest BCUT2D eigenvalue weighted by Crippen LogP contribution is 2.31. The molecule has 168 valence electrons. The van der Waals surface area contributed by atoms with Crippen LogP contribution in [0, 0.1) is 0 Å². The second-order valence-electron chi connectivity index (χ2n) is 7.42. The van der Waals surface area contributed by atoms with Gasteiger partial charge >= 0.3 is 0 Å². The van der Waals surface area contributed by atoms with E-state index in [1.54, 1.807) is 32.5 Å². The molecule has 2 aromatic carbocycles. The molecule has 0 unspecified atom stereocenters. The van der Waals surface area contributed by atoms with E-state index in [9.17, 15) is 9.59 Å². The molecule has 3 aromatic rings. The first-order chi connectivity index (χ1) is 16.1. The van der Waals surface area contributed by atoms with Crippen molar-refractivity contribution in [3.05, 3.63) is 78.0 Å². The van der Waals surface area contributed by atoms with E-state index in [1.165, 1.54) is 4.90 Å². The highest BCUT2D eigenvalue weighted by atomic mass is 16.5. The minimum atomic E-state index is -0.299. The van der Waals surface area contributed by atoms with Crippen molar-refractivity contribution in [2.75, 3.05) is 25.7 Å². The number of amides is 2. The van der Waals surface area contributed by atoms with Crippen LogP contribution in [-0.4, -0.2) is 43.3 Å². The zero-order valence-electron chi connectivity index (χ0n) is 18.4. The average molecular weight is 444 g/mol. The summed E-state index contributed by atoms with van der Waals surface area (Å²) in [5.41, 5.74) is 2.79. The van der Waals surface area contributed by atoms with Gasteiger partial charge in [-0.1, -0.05) is 24.3 Å². The Labute approximate surface area is 191 Å². The third-order valence-electron chi connectivity index (χ3n) is 5.23. The molecule has 1 aliphatic rings. The van der Waals surface area contributed by atoms with Gasteiger partial charge in [0.2, 0.25) is 11.8 Å². The number of aliphatic imine (C=N–C) groups is 1. The van der Waals surface area contributed by atoms with Crippen LogP contribution in [0.4, 0.5) is 11.5 Å². The number of benzene rings is 2. The molecule has 1 aliphatic heterocycles. The molecule has 4 rings (SSSR count). The van der Waals surface area contributed by atoms with E-state index in [-0.39, 0.29) is 24.8 Å². The van der Waals surface area contributed by atoms with Crippen LogP contribution in [0.5, 0.6) is 11.5 Å². The van der Waals surface area contributed by atoms with E-state index in [2.05, 4.69) is 10.3 Å². The lowest BCUT2D eigenvalue weighted by molar-refractivity contribution is -0.123. The molecule has 1 aromatic heterocycles. The van der Waals surface area contributed by atoms with Crippen molar-refractivity contribution < 1.29 is 19.1 Å². The first-order valence-corrected chi connectivity index (χ1v) is 10.4. The van der Waals surface area contributed by atoms with Crippen molar-refractivity contribution in [3.8, 4) is 11.5 Å². The maximum Gasteiger partial charge on any atom is 0.240 e. The summed E-state index contributed by atoms with van der Waals surface area (Å²) in [6.07, 6.45) is 1.62. The van der Waals surface area contributed by atoms with Crippen LogP contribution in [0.25, 0.3) is 0 Å². The van der Waals surface area contributed by atoms with Crippen molar-refractivity contribution in [2.45, 2.75) is 13.0 Å². The van der Waals surface area contributed by atoms with Crippen LogP contribution in [0.15, 0.2) is 71.9 Å². The molecule has 1 N–H and O–H groups in total. The summed E-state index contributed by atoms with van der Waals surface area (Å²) in [6.45, 7) is 0.159. The fourth-order valence-electron chi connectivity index (χ4n) is 3.54. The highest BCUT2D eigenvalue weighted by molar-refractivity contribution is 6.18. The number of methoxy groups -OCH3 is 2. The Morgan fingerprint density at radius 3 is 2.58 bits per heavy atom. The lowest BCUT2D eigenvalue weighted by Gasteiger charge is -2.20. The van der Waals surface area contributed by atoms with Gasteiger partial charge in [0.1, 0.15) is 23.7 Å². The molecule has 2 amide bonds. The van der Waals surface area contributed by atoms with Gasteiger partial charge in [0.15, 0.2) is 5.82 Å². The molecule has 0 saturated heterocycles. The van der Waals surface area contributed by atoms with Crippen LogP contribution in [0.1, 0.15) is 17.5 Å². The van der Waals surface area contributed by atoms with Crippen LogP contribution in [0.3, 0.4) is 0 Å². The van der Waals surface area contributed by atoms with Crippen molar-refractivity contribution >= 4 is 29.0 Å². The van der Waals surface area contributed by atoms with Gasteiger partial charge in [0.25, 0.3) is 0 Å². The number of fused-ring (bicyclic) bond motifs is 1. The number of rotatable bonds is 7. The summed E-state index contributed by atoms with van der Waals surface area (Å²) in [5.74, 6) is 1.19. The summed E-state index contributed by atoms with van der Waals surface area (Å²) in [5, 5.41) is 2.86. The monoisotopic (exact) mass is 444 g/mol. The zero-order valence-corrected chi connectivity index (χ0v) is 18.4. The lowest BCUT2D eigenvalue weighted by Crippen LogP contribution is -2.41. The number of hydrogen-bond donors (Lipinski definition) is 1. The number of carbonyl (C=O) groups is 2. The number of hydrogen-bond acceptors (Lipinski definition) is 6. The summed E-state index contributed by atoms with van der Waals surface area (Å²) in [6, 6.07) is 18.4. The normalized spacial score (nSPS) is 13.0. The van der Waals surface area contributed by atoms with Gasteiger partial charge in [-0.15, -0.1) is 0 Å². The zero-order chi connectivity index (χ0) is 23.2. The predicted octanol–water partition coefficient (Wildman–Crippen LogP) is 3.27. The van der Waals surface area contributed by atoms with Gasteiger partial charge < -0.3 is 14.8 Å². The summed E-state index contributed by atoms with van der Waals surface area (Å²) < 4.78 is 10.5. The predicted molar refractivity (Wildman–Crippen MR) is 125 cm³/mol. The minimum Gasteiger partial charge on any atom is -0.497 e. The summed E-state index contributed by atoms with van der Waals surface area (Å²) >= 11 is 0. The van der Waals surface area contributed by atoms with Gasteiger partial charge in [-0.05, 0) is 42.0 Å². The summed E-state index contributed by atoms with van der Waals surface area (Å²) in [7, 11) is 3.18. The van der Waals surface area contributed by atoms with Gasteiger partial charge in [0, 0.05) is 18.3 Å². The molecule has 0 atom stereocenters. The molecule has 8 heteroatoms. The molecular weight excluding hydrogens is 420 g/mol. The number of nitrogens with one attached hydrogen (secondary N) is 1. The number of nitrogens with zero attached hydrogens (tertiary/aromatic N) is 3.